The second kappa shape index (κ2) is 4.97. The Labute approximate surface area is 117 Å². The number of aromatic nitrogens is 2. The Bertz CT molecular complexity index is 766. The Hall–Kier alpha value is -2.34. The number of nitrogens with zero attached hydrogens (tertiary/aromatic N) is 2. The van der Waals surface area contributed by atoms with Crippen molar-refractivity contribution in [2.45, 2.75) is 0 Å². The van der Waals surface area contributed by atoms with Crippen LogP contribution in [-0.2, 0) is 0 Å². The molecule has 3 nitrogen and oxygen atoms in total. The van der Waals surface area contributed by atoms with E-state index >= 15 is 0 Å². The van der Waals surface area contributed by atoms with E-state index in [0.717, 1.165) is 17.7 Å². The van der Waals surface area contributed by atoms with Crippen LogP contribution in [0.2, 0.25) is 0 Å². The maximum absolute atomic E-state index is 13.2. The molecule has 0 aliphatic heterocycles. The van der Waals surface area contributed by atoms with Crippen LogP contribution in [0.5, 0.6) is 0 Å². The minimum atomic E-state index is -0.956. The fourth-order valence-corrected chi connectivity index (χ4v) is 2.50. The predicted molar refractivity (Wildman–Crippen MR) is 72.2 cm³/mol. The summed E-state index contributed by atoms with van der Waals surface area (Å²) in [6.45, 7) is 0. The van der Waals surface area contributed by atoms with Crippen LogP contribution < -0.4 is 0 Å². The molecule has 0 saturated carbocycles. The Kier molecular flexibility index (Phi) is 3.15. The molecule has 1 aromatic carbocycles. The summed E-state index contributed by atoms with van der Waals surface area (Å²) in [5.74, 6) is -1.88. The molecule has 3 rings (SSSR count). The van der Waals surface area contributed by atoms with Crippen molar-refractivity contribution < 1.29 is 13.6 Å². The smallest absolute Gasteiger partial charge is 0.160 e. The molecular weight excluding hydrogens is 282 g/mol. The van der Waals surface area contributed by atoms with Crippen molar-refractivity contribution in [1.29, 1.82) is 0 Å². The standard InChI is InChI=1S/C14H8F2N2OS/c15-12-2-1-11(5-13(12)16)18-6-10(7-19)14(17-18)9-3-4-20-8-9/h1-8H. The van der Waals surface area contributed by atoms with Crippen molar-refractivity contribution in [2.75, 3.05) is 0 Å². The monoisotopic (exact) mass is 290 g/mol. The van der Waals surface area contributed by atoms with Gasteiger partial charge in [-0.25, -0.2) is 13.5 Å². The van der Waals surface area contributed by atoms with E-state index in [1.54, 1.807) is 0 Å². The number of benzene rings is 1. The second-order valence-corrected chi connectivity index (χ2v) is 4.89. The molecule has 0 amide bonds. The topological polar surface area (TPSA) is 34.9 Å². The van der Waals surface area contributed by atoms with Gasteiger partial charge in [0.1, 0.15) is 5.69 Å². The second-order valence-electron chi connectivity index (χ2n) is 4.11. The summed E-state index contributed by atoms with van der Waals surface area (Å²) >= 11 is 1.49. The highest BCUT2D eigenvalue weighted by Gasteiger charge is 2.13. The van der Waals surface area contributed by atoms with Gasteiger partial charge in [0.2, 0.25) is 0 Å². The van der Waals surface area contributed by atoms with E-state index in [4.69, 9.17) is 0 Å². The lowest BCUT2D eigenvalue weighted by molar-refractivity contribution is 0.112. The van der Waals surface area contributed by atoms with Gasteiger partial charge < -0.3 is 0 Å². The molecule has 100 valence electrons. The SMILES string of the molecule is O=Cc1cn(-c2ccc(F)c(F)c2)nc1-c1ccsc1. The van der Waals surface area contributed by atoms with Crippen LogP contribution in [0.15, 0.2) is 41.2 Å². The van der Waals surface area contributed by atoms with Gasteiger partial charge in [0, 0.05) is 23.2 Å². The third-order valence-electron chi connectivity index (χ3n) is 2.83. The zero-order chi connectivity index (χ0) is 14.1. The number of aldehydes is 1. The molecule has 0 radical (unpaired) electrons. The minimum absolute atomic E-state index is 0.355. The summed E-state index contributed by atoms with van der Waals surface area (Å²) in [5.41, 5.74) is 2.09. The van der Waals surface area contributed by atoms with Crippen LogP contribution in [0.1, 0.15) is 10.4 Å². The molecule has 0 aliphatic carbocycles. The third kappa shape index (κ3) is 2.14. The fourth-order valence-electron chi connectivity index (χ4n) is 1.86. The van der Waals surface area contributed by atoms with Gasteiger partial charge in [-0.2, -0.15) is 16.4 Å². The summed E-state index contributed by atoms with van der Waals surface area (Å²) in [5, 5.41) is 8.01. The molecule has 0 N–H and O–H groups in total. The zero-order valence-electron chi connectivity index (χ0n) is 10.1. The van der Waals surface area contributed by atoms with Gasteiger partial charge in [-0.1, -0.05) is 0 Å². The molecule has 20 heavy (non-hydrogen) atoms. The Balaban J connectivity index is 2.11. The van der Waals surface area contributed by atoms with Crippen LogP contribution in [0.25, 0.3) is 16.9 Å². The number of hydrogen-bond acceptors (Lipinski definition) is 3. The van der Waals surface area contributed by atoms with E-state index in [-0.39, 0.29) is 0 Å². The lowest BCUT2D eigenvalue weighted by Gasteiger charge is -2.01. The number of thiophene rings is 1. The van der Waals surface area contributed by atoms with Gasteiger partial charge >= 0.3 is 0 Å². The van der Waals surface area contributed by atoms with Crippen molar-refractivity contribution in [1.82, 2.24) is 9.78 Å². The Morgan fingerprint density at radius 2 is 2.05 bits per heavy atom. The van der Waals surface area contributed by atoms with E-state index in [0.29, 0.717) is 23.2 Å². The number of carbonyl (C=O) groups excluding carboxylic acids is 1. The van der Waals surface area contributed by atoms with Crippen LogP contribution in [-0.4, -0.2) is 16.1 Å². The molecule has 0 bridgehead atoms. The van der Waals surface area contributed by atoms with Crippen LogP contribution in [0, 0.1) is 11.6 Å². The number of rotatable bonds is 3. The summed E-state index contributed by atoms with van der Waals surface area (Å²) in [6, 6.07) is 5.30. The molecule has 0 fully saturated rings. The van der Waals surface area contributed by atoms with Gasteiger partial charge in [0.15, 0.2) is 17.9 Å². The lowest BCUT2D eigenvalue weighted by Crippen LogP contribution is -1.96. The van der Waals surface area contributed by atoms with E-state index in [1.807, 2.05) is 16.8 Å². The van der Waals surface area contributed by atoms with Gasteiger partial charge in [0.05, 0.1) is 11.3 Å². The first-order valence-corrected chi connectivity index (χ1v) is 6.66. The first-order valence-electron chi connectivity index (χ1n) is 5.72. The maximum atomic E-state index is 13.2. The van der Waals surface area contributed by atoms with Gasteiger partial charge in [0.25, 0.3) is 0 Å². The van der Waals surface area contributed by atoms with E-state index in [1.165, 1.54) is 28.3 Å². The Morgan fingerprint density at radius 1 is 1.20 bits per heavy atom. The predicted octanol–water partition coefficient (Wildman–Crippen LogP) is 3.69. The normalized spacial score (nSPS) is 10.7. The minimum Gasteiger partial charge on any atom is -0.298 e. The van der Waals surface area contributed by atoms with Crippen LogP contribution in [0.4, 0.5) is 8.78 Å². The molecule has 2 heterocycles. The van der Waals surface area contributed by atoms with Crippen molar-refractivity contribution in [3.63, 3.8) is 0 Å². The van der Waals surface area contributed by atoms with E-state index in [2.05, 4.69) is 5.10 Å². The van der Waals surface area contributed by atoms with Gasteiger partial charge in [-0.3, -0.25) is 4.79 Å². The first kappa shape index (κ1) is 12.7. The van der Waals surface area contributed by atoms with Gasteiger partial charge in [-0.05, 0) is 23.6 Å². The fraction of sp³-hybridized carbons (Fsp3) is 0. The van der Waals surface area contributed by atoms with Crippen molar-refractivity contribution in [3.8, 4) is 16.9 Å². The summed E-state index contributed by atoms with van der Waals surface area (Å²) in [6.07, 6.45) is 2.18. The summed E-state index contributed by atoms with van der Waals surface area (Å²) in [4.78, 5) is 11.1. The summed E-state index contributed by atoms with van der Waals surface area (Å²) in [7, 11) is 0. The quantitative estimate of drug-likeness (QED) is 0.689. The van der Waals surface area contributed by atoms with Crippen molar-refractivity contribution in [2.24, 2.45) is 0 Å². The van der Waals surface area contributed by atoms with Crippen LogP contribution >= 0.6 is 11.3 Å². The van der Waals surface area contributed by atoms with Gasteiger partial charge in [-0.15, -0.1) is 0 Å². The molecule has 0 atom stereocenters. The van der Waals surface area contributed by atoms with Crippen LogP contribution in [0.3, 0.4) is 0 Å². The number of halogens is 2. The Morgan fingerprint density at radius 3 is 2.70 bits per heavy atom. The molecule has 0 saturated heterocycles. The average molecular weight is 290 g/mol. The first-order chi connectivity index (χ1) is 9.69. The molecule has 0 spiro atoms. The molecule has 6 heteroatoms. The average Bonchev–Trinajstić information content (AvgIpc) is 3.09. The summed E-state index contributed by atoms with van der Waals surface area (Å²) < 4.78 is 27.5. The molecule has 2 aromatic heterocycles. The molecule has 3 aromatic rings. The highest BCUT2D eigenvalue weighted by Crippen LogP contribution is 2.25. The maximum Gasteiger partial charge on any atom is 0.160 e. The van der Waals surface area contributed by atoms with E-state index in [9.17, 15) is 13.6 Å². The zero-order valence-corrected chi connectivity index (χ0v) is 10.9. The lowest BCUT2D eigenvalue weighted by atomic mass is 10.2. The number of carbonyl (C=O) groups is 1. The number of hydrogen-bond donors (Lipinski definition) is 0. The largest absolute Gasteiger partial charge is 0.298 e. The van der Waals surface area contributed by atoms with E-state index < -0.39 is 11.6 Å². The highest BCUT2D eigenvalue weighted by molar-refractivity contribution is 7.08. The molecule has 0 aliphatic rings. The third-order valence-corrected chi connectivity index (χ3v) is 3.52. The molecular formula is C14H8F2N2OS. The molecule has 0 unspecified atom stereocenters. The highest BCUT2D eigenvalue weighted by atomic mass is 32.1. The van der Waals surface area contributed by atoms with Crippen molar-refractivity contribution >= 4 is 17.6 Å². The van der Waals surface area contributed by atoms with Crippen molar-refractivity contribution in [3.05, 3.63) is 58.4 Å².